The van der Waals surface area contributed by atoms with Gasteiger partial charge in [-0.2, -0.15) is 0 Å². The third-order valence-corrected chi connectivity index (χ3v) is 3.23. The van der Waals surface area contributed by atoms with Gasteiger partial charge in [0.1, 0.15) is 0 Å². The van der Waals surface area contributed by atoms with Crippen molar-refractivity contribution in [1.82, 2.24) is 5.32 Å². The van der Waals surface area contributed by atoms with Gasteiger partial charge in [-0.1, -0.05) is 17.7 Å². The van der Waals surface area contributed by atoms with E-state index in [4.69, 9.17) is 0 Å². The first-order valence-corrected chi connectivity index (χ1v) is 5.78. The van der Waals surface area contributed by atoms with Crippen LogP contribution in [0.25, 0.3) is 0 Å². The monoisotopic (exact) mass is 204 g/mol. The molecule has 0 aromatic heterocycles. The Bertz CT molecular complexity index is 305. The summed E-state index contributed by atoms with van der Waals surface area (Å²) in [7, 11) is 2.06. The van der Waals surface area contributed by atoms with Crippen LogP contribution in [0.4, 0.5) is 5.69 Å². The van der Waals surface area contributed by atoms with E-state index in [-0.39, 0.29) is 0 Å². The van der Waals surface area contributed by atoms with Crippen LogP contribution in [-0.2, 0) is 0 Å². The van der Waals surface area contributed by atoms with Crippen LogP contribution < -0.4 is 10.2 Å². The molecule has 1 unspecified atom stereocenters. The molecule has 82 valence electrons. The molecule has 2 heteroatoms. The Hall–Kier alpha value is -1.02. The fourth-order valence-electron chi connectivity index (χ4n) is 2.20. The van der Waals surface area contributed by atoms with Gasteiger partial charge in [0.25, 0.3) is 0 Å². The van der Waals surface area contributed by atoms with E-state index in [0.29, 0.717) is 6.04 Å². The summed E-state index contributed by atoms with van der Waals surface area (Å²) in [4.78, 5) is 2.48. The number of likely N-dealkylation sites (N-methyl/N-ethyl adjacent to an activating group) is 1. The van der Waals surface area contributed by atoms with E-state index in [0.717, 1.165) is 6.54 Å². The van der Waals surface area contributed by atoms with Crippen molar-refractivity contribution in [2.24, 2.45) is 0 Å². The van der Waals surface area contributed by atoms with Crippen molar-refractivity contribution in [2.75, 3.05) is 25.0 Å². The fourth-order valence-corrected chi connectivity index (χ4v) is 2.20. The molecule has 0 spiro atoms. The van der Waals surface area contributed by atoms with Crippen molar-refractivity contribution < 1.29 is 0 Å². The summed E-state index contributed by atoms with van der Waals surface area (Å²) in [5, 5.41) is 3.37. The van der Waals surface area contributed by atoms with E-state index in [9.17, 15) is 0 Å². The summed E-state index contributed by atoms with van der Waals surface area (Å²) in [6, 6.07) is 9.50. The lowest BCUT2D eigenvalue weighted by Crippen LogP contribution is -2.44. The number of hydrogen-bond donors (Lipinski definition) is 1. The molecule has 1 fully saturated rings. The molecule has 2 rings (SSSR count). The summed E-state index contributed by atoms with van der Waals surface area (Å²) >= 11 is 0. The molecule has 1 aromatic rings. The maximum atomic E-state index is 3.37. The Morgan fingerprint density at radius 2 is 2.00 bits per heavy atom. The van der Waals surface area contributed by atoms with Crippen molar-refractivity contribution in [1.29, 1.82) is 0 Å². The zero-order valence-corrected chi connectivity index (χ0v) is 9.66. The molecule has 1 aliphatic rings. The van der Waals surface area contributed by atoms with Crippen molar-refractivity contribution in [3.05, 3.63) is 29.8 Å². The molecule has 0 radical (unpaired) electrons. The van der Waals surface area contributed by atoms with Crippen molar-refractivity contribution >= 4 is 5.69 Å². The van der Waals surface area contributed by atoms with E-state index in [2.05, 4.69) is 48.5 Å². The van der Waals surface area contributed by atoms with Crippen LogP contribution in [0.2, 0.25) is 0 Å². The molecule has 1 aromatic carbocycles. The molecule has 0 amide bonds. The molecule has 1 aliphatic heterocycles. The van der Waals surface area contributed by atoms with Gasteiger partial charge in [-0.25, -0.2) is 0 Å². The average molecular weight is 204 g/mol. The zero-order chi connectivity index (χ0) is 10.7. The van der Waals surface area contributed by atoms with Crippen LogP contribution in [0.1, 0.15) is 18.4 Å². The highest BCUT2D eigenvalue weighted by atomic mass is 15.2. The molecule has 1 atom stereocenters. The highest BCUT2D eigenvalue weighted by Gasteiger charge is 2.18. The van der Waals surface area contributed by atoms with E-state index in [1.54, 1.807) is 0 Å². The first-order chi connectivity index (χ1) is 7.29. The molecule has 0 bridgehead atoms. The van der Waals surface area contributed by atoms with Crippen molar-refractivity contribution in [3.8, 4) is 0 Å². The van der Waals surface area contributed by atoms with Crippen LogP contribution in [0.5, 0.6) is 0 Å². The average Bonchev–Trinajstić information content (AvgIpc) is 2.30. The van der Waals surface area contributed by atoms with Crippen molar-refractivity contribution in [2.45, 2.75) is 25.8 Å². The quantitative estimate of drug-likeness (QED) is 0.794. The Kier molecular flexibility index (Phi) is 3.27. The van der Waals surface area contributed by atoms with Gasteiger partial charge in [0.15, 0.2) is 0 Å². The van der Waals surface area contributed by atoms with Gasteiger partial charge in [-0.15, -0.1) is 0 Å². The maximum absolute atomic E-state index is 3.37. The largest absolute Gasteiger partial charge is 0.370 e. The van der Waals surface area contributed by atoms with Gasteiger partial charge in [-0.05, 0) is 38.9 Å². The fraction of sp³-hybridized carbons (Fsp3) is 0.538. The van der Waals surface area contributed by atoms with Gasteiger partial charge in [0.05, 0.1) is 0 Å². The predicted octanol–water partition coefficient (Wildman–Crippen LogP) is 2.18. The normalized spacial score (nSPS) is 21.7. The summed E-state index contributed by atoms with van der Waals surface area (Å²) in [5.74, 6) is 0. The van der Waals surface area contributed by atoms with Crippen molar-refractivity contribution in [3.63, 3.8) is 0 Å². The third-order valence-electron chi connectivity index (χ3n) is 3.23. The molecule has 0 saturated carbocycles. The number of rotatable bonds is 2. The standard InChI is InChI=1S/C13H20N2/c1-11-5-7-13(8-6-11)15-9-3-4-12(10-15)14-2/h5-8,12,14H,3-4,9-10H2,1-2H3. The first kappa shape index (κ1) is 10.5. The SMILES string of the molecule is CNC1CCCN(c2ccc(C)cc2)C1. The molecule has 0 aliphatic carbocycles. The molecular formula is C13H20N2. The van der Waals surface area contributed by atoms with Crippen LogP contribution in [-0.4, -0.2) is 26.2 Å². The molecule has 2 nitrogen and oxygen atoms in total. The molecule has 1 N–H and O–H groups in total. The molecule has 15 heavy (non-hydrogen) atoms. The first-order valence-electron chi connectivity index (χ1n) is 5.78. The second-order valence-electron chi connectivity index (χ2n) is 4.41. The van der Waals surface area contributed by atoms with E-state index in [1.165, 1.54) is 30.6 Å². The van der Waals surface area contributed by atoms with E-state index in [1.807, 2.05) is 0 Å². The minimum atomic E-state index is 0.653. The van der Waals surface area contributed by atoms with E-state index >= 15 is 0 Å². The lowest BCUT2D eigenvalue weighted by Gasteiger charge is -2.34. The lowest BCUT2D eigenvalue weighted by molar-refractivity contribution is 0.449. The molecular weight excluding hydrogens is 184 g/mol. The Morgan fingerprint density at radius 3 is 2.67 bits per heavy atom. The van der Waals surface area contributed by atoms with Gasteiger partial charge < -0.3 is 10.2 Å². The minimum Gasteiger partial charge on any atom is -0.370 e. The minimum absolute atomic E-state index is 0.653. The summed E-state index contributed by atoms with van der Waals surface area (Å²) < 4.78 is 0. The summed E-state index contributed by atoms with van der Waals surface area (Å²) in [5.41, 5.74) is 2.70. The number of benzene rings is 1. The number of anilines is 1. The van der Waals surface area contributed by atoms with Crippen LogP contribution in [0, 0.1) is 6.92 Å². The Labute approximate surface area is 92.3 Å². The summed E-state index contributed by atoms with van der Waals surface area (Å²) in [6.45, 7) is 4.47. The second kappa shape index (κ2) is 4.67. The Balaban J connectivity index is 2.06. The lowest BCUT2D eigenvalue weighted by atomic mass is 10.0. The predicted molar refractivity (Wildman–Crippen MR) is 65.5 cm³/mol. The smallest absolute Gasteiger partial charge is 0.0366 e. The number of piperidine rings is 1. The van der Waals surface area contributed by atoms with Crippen LogP contribution >= 0.6 is 0 Å². The number of aryl methyl sites for hydroxylation is 1. The van der Waals surface area contributed by atoms with Gasteiger partial charge >= 0.3 is 0 Å². The number of hydrogen-bond acceptors (Lipinski definition) is 2. The highest BCUT2D eigenvalue weighted by molar-refractivity contribution is 5.48. The van der Waals surface area contributed by atoms with Gasteiger partial charge in [0.2, 0.25) is 0 Å². The van der Waals surface area contributed by atoms with Crippen LogP contribution in [0.15, 0.2) is 24.3 Å². The van der Waals surface area contributed by atoms with E-state index < -0.39 is 0 Å². The number of nitrogens with zero attached hydrogens (tertiary/aromatic N) is 1. The zero-order valence-electron chi connectivity index (χ0n) is 9.66. The molecule has 1 heterocycles. The topological polar surface area (TPSA) is 15.3 Å². The maximum Gasteiger partial charge on any atom is 0.0366 e. The third kappa shape index (κ3) is 2.51. The highest BCUT2D eigenvalue weighted by Crippen LogP contribution is 2.20. The van der Waals surface area contributed by atoms with Crippen LogP contribution in [0.3, 0.4) is 0 Å². The molecule has 1 saturated heterocycles. The van der Waals surface area contributed by atoms with Gasteiger partial charge in [0, 0.05) is 24.8 Å². The van der Waals surface area contributed by atoms with Gasteiger partial charge in [-0.3, -0.25) is 0 Å². The second-order valence-corrected chi connectivity index (χ2v) is 4.41. The number of nitrogens with one attached hydrogen (secondary N) is 1. The summed E-state index contributed by atoms with van der Waals surface area (Å²) in [6.07, 6.45) is 2.60. The Morgan fingerprint density at radius 1 is 1.27 bits per heavy atom.